The molecule has 0 aromatic carbocycles. The van der Waals surface area contributed by atoms with Crippen LogP contribution in [0.25, 0.3) is 20.7 Å². The average Bonchev–Trinajstić information content (AvgIpc) is 3.24. The molecule has 0 spiro atoms. The van der Waals surface area contributed by atoms with Crippen molar-refractivity contribution in [2.24, 2.45) is 0 Å². The van der Waals surface area contributed by atoms with Crippen LogP contribution in [0.3, 0.4) is 0 Å². The van der Waals surface area contributed by atoms with Gasteiger partial charge in [-0.25, -0.2) is 4.98 Å². The van der Waals surface area contributed by atoms with Crippen LogP contribution < -0.4 is 10.9 Å². The second-order valence-corrected chi connectivity index (χ2v) is 7.62. The monoisotopic (exact) mass is 377 g/mol. The number of rotatable bonds is 6. The van der Waals surface area contributed by atoms with Gasteiger partial charge >= 0.3 is 0 Å². The predicted octanol–water partition coefficient (Wildman–Crippen LogP) is 3.21. The molecule has 24 heavy (non-hydrogen) atoms. The zero-order valence-electron chi connectivity index (χ0n) is 12.9. The second kappa shape index (κ2) is 7.33. The van der Waals surface area contributed by atoms with Crippen molar-refractivity contribution >= 4 is 50.6 Å². The molecule has 1 N–H and O–H groups in total. The third kappa shape index (κ3) is 3.17. The highest BCUT2D eigenvalue weighted by molar-refractivity contribution is 7.99. The smallest absolute Gasteiger partial charge is 0.263 e. The average molecular weight is 378 g/mol. The molecule has 8 heteroatoms. The molecular weight excluding hydrogens is 362 g/mol. The summed E-state index contributed by atoms with van der Waals surface area (Å²) in [5.41, 5.74) is 0.826. The summed E-state index contributed by atoms with van der Waals surface area (Å²) in [6.07, 6.45) is 1.66. The van der Waals surface area contributed by atoms with Crippen LogP contribution >= 0.6 is 34.4 Å². The molecule has 0 aliphatic rings. The van der Waals surface area contributed by atoms with Gasteiger partial charge in [-0.3, -0.25) is 14.2 Å². The Bertz CT molecular complexity index is 942. The van der Waals surface area contributed by atoms with E-state index in [1.54, 1.807) is 29.0 Å². The third-order valence-corrected chi connectivity index (χ3v) is 6.12. The fraction of sp³-hybridized carbons (Fsp3) is 0.188. The molecule has 0 aliphatic carbocycles. The normalized spacial score (nSPS) is 10.9. The molecule has 3 aromatic heterocycles. The molecule has 0 bridgehead atoms. The zero-order chi connectivity index (χ0) is 17.1. The van der Waals surface area contributed by atoms with E-state index in [0.717, 1.165) is 10.4 Å². The van der Waals surface area contributed by atoms with E-state index >= 15 is 0 Å². The summed E-state index contributed by atoms with van der Waals surface area (Å²) in [6.45, 7) is 4.08. The van der Waals surface area contributed by atoms with Gasteiger partial charge in [0.2, 0.25) is 5.91 Å². The Kier molecular flexibility index (Phi) is 5.17. The molecule has 3 aromatic rings. The Morgan fingerprint density at radius 2 is 2.33 bits per heavy atom. The van der Waals surface area contributed by atoms with E-state index in [2.05, 4.69) is 16.9 Å². The lowest BCUT2D eigenvalue weighted by Gasteiger charge is -2.10. The number of amides is 1. The highest BCUT2D eigenvalue weighted by atomic mass is 32.2. The number of allylic oxidation sites excluding steroid dienone is 1. The lowest BCUT2D eigenvalue weighted by Crippen LogP contribution is -2.24. The van der Waals surface area contributed by atoms with Crippen LogP contribution in [0.2, 0.25) is 0 Å². The molecule has 3 heterocycles. The summed E-state index contributed by atoms with van der Waals surface area (Å²) in [6, 6.07) is 3.96. The number of nitrogens with one attached hydrogen (secondary N) is 1. The van der Waals surface area contributed by atoms with E-state index in [-0.39, 0.29) is 17.2 Å². The number of hydrogen-bond acceptors (Lipinski definition) is 6. The molecule has 5 nitrogen and oxygen atoms in total. The fourth-order valence-electron chi connectivity index (χ4n) is 2.22. The standard InChI is InChI=1S/C16H15N3O2S3/c1-3-6-19-15(21)13-10(11-5-4-7-22-11)8-23-14(13)18-16(19)24-9-12(20)17-2/h3-5,7-8H,1,6,9H2,2H3,(H,17,20). The Hall–Kier alpha value is -1.90. The molecule has 1 amide bonds. The van der Waals surface area contributed by atoms with Gasteiger partial charge in [0.15, 0.2) is 5.16 Å². The number of hydrogen-bond donors (Lipinski definition) is 1. The minimum atomic E-state index is -0.107. The van der Waals surface area contributed by atoms with Crippen molar-refractivity contribution in [3.05, 3.63) is 45.9 Å². The molecule has 0 saturated heterocycles. The summed E-state index contributed by atoms with van der Waals surface area (Å²) in [7, 11) is 1.59. The molecule has 0 atom stereocenters. The van der Waals surface area contributed by atoms with Gasteiger partial charge in [0.05, 0.1) is 11.1 Å². The lowest BCUT2D eigenvalue weighted by molar-refractivity contribution is -0.118. The molecule has 0 radical (unpaired) electrons. The maximum Gasteiger partial charge on any atom is 0.263 e. The Balaban J connectivity index is 2.13. The molecule has 3 rings (SSSR count). The Morgan fingerprint density at radius 1 is 1.50 bits per heavy atom. The lowest BCUT2D eigenvalue weighted by atomic mass is 10.2. The minimum Gasteiger partial charge on any atom is -0.358 e. The largest absolute Gasteiger partial charge is 0.358 e. The topological polar surface area (TPSA) is 64.0 Å². The Labute approximate surface area is 151 Å². The van der Waals surface area contributed by atoms with Crippen molar-refractivity contribution in [2.75, 3.05) is 12.8 Å². The van der Waals surface area contributed by atoms with Crippen molar-refractivity contribution < 1.29 is 4.79 Å². The van der Waals surface area contributed by atoms with Gasteiger partial charge < -0.3 is 5.32 Å². The van der Waals surface area contributed by atoms with Crippen molar-refractivity contribution in [1.82, 2.24) is 14.9 Å². The van der Waals surface area contributed by atoms with Crippen LogP contribution in [0.4, 0.5) is 0 Å². The van der Waals surface area contributed by atoms with Crippen LogP contribution in [0.15, 0.2) is 45.5 Å². The van der Waals surface area contributed by atoms with Gasteiger partial charge in [-0.2, -0.15) is 0 Å². The number of carbonyl (C=O) groups excluding carboxylic acids is 1. The van der Waals surface area contributed by atoms with Crippen molar-refractivity contribution in [1.29, 1.82) is 0 Å². The first-order chi connectivity index (χ1) is 11.7. The van der Waals surface area contributed by atoms with Gasteiger partial charge in [0.1, 0.15) is 4.83 Å². The summed E-state index contributed by atoms with van der Waals surface area (Å²) in [5.74, 6) is 0.110. The highest BCUT2D eigenvalue weighted by Crippen LogP contribution is 2.34. The second-order valence-electron chi connectivity index (χ2n) is 4.87. The number of fused-ring (bicyclic) bond motifs is 1. The number of thioether (sulfide) groups is 1. The van der Waals surface area contributed by atoms with Gasteiger partial charge in [0, 0.05) is 29.4 Å². The van der Waals surface area contributed by atoms with Crippen LogP contribution in [-0.2, 0) is 11.3 Å². The molecule has 124 valence electrons. The highest BCUT2D eigenvalue weighted by Gasteiger charge is 2.17. The van der Waals surface area contributed by atoms with Gasteiger partial charge in [0.25, 0.3) is 5.56 Å². The van der Waals surface area contributed by atoms with Crippen LogP contribution in [0.5, 0.6) is 0 Å². The minimum absolute atomic E-state index is 0.0936. The van der Waals surface area contributed by atoms with Gasteiger partial charge in [-0.15, -0.1) is 29.3 Å². The predicted molar refractivity (Wildman–Crippen MR) is 102 cm³/mol. The van der Waals surface area contributed by atoms with Crippen molar-refractivity contribution in [2.45, 2.75) is 11.7 Å². The molecule has 0 aliphatic heterocycles. The van der Waals surface area contributed by atoms with Crippen LogP contribution in [0, 0.1) is 0 Å². The number of nitrogens with zero attached hydrogens (tertiary/aromatic N) is 2. The molecule has 0 fully saturated rings. The summed E-state index contributed by atoms with van der Waals surface area (Å²) in [5, 5.41) is 7.70. The third-order valence-electron chi connectivity index (χ3n) is 3.37. The molecule has 0 unspecified atom stereocenters. The van der Waals surface area contributed by atoms with Crippen molar-refractivity contribution in [3.63, 3.8) is 0 Å². The van der Waals surface area contributed by atoms with E-state index in [1.165, 1.54) is 23.1 Å². The number of thiophene rings is 2. The van der Waals surface area contributed by atoms with Gasteiger partial charge in [-0.05, 0) is 11.4 Å². The number of carbonyl (C=O) groups is 1. The summed E-state index contributed by atoms with van der Waals surface area (Å²) >= 11 is 4.30. The van der Waals surface area contributed by atoms with E-state index < -0.39 is 0 Å². The number of aromatic nitrogens is 2. The Morgan fingerprint density at radius 3 is 3.00 bits per heavy atom. The SMILES string of the molecule is C=CCn1c(SCC(=O)NC)nc2scc(-c3cccs3)c2c1=O. The fourth-order valence-corrected chi connectivity index (χ4v) is 4.90. The van der Waals surface area contributed by atoms with Crippen LogP contribution in [-0.4, -0.2) is 28.3 Å². The van der Waals surface area contributed by atoms with Crippen molar-refractivity contribution in [3.8, 4) is 10.4 Å². The van der Waals surface area contributed by atoms with E-state index in [1.807, 2.05) is 22.9 Å². The zero-order valence-corrected chi connectivity index (χ0v) is 15.4. The summed E-state index contributed by atoms with van der Waals surface area (Å²) in [4.78, 5) is 30.9. The maximum atomic E-state index is 13.0. The first kappa shape index (κ1) is 16.9. The summed E-state index contributed by atoms with van der Waals surface area (Å²) < 4.78 is 1.58. The van der Waals surface area contributed by atoms with Crippen LogP contribution in [0.1, 0.15) is 0 Å². The van der Waals surface area contributed by atoms with E-state index in [0.29, 0.717) is 21.9 Å². The quantitative estimate of drug-likeness (QED) is 0.407. The van der Waals surface area contributed by atoms with E-state index in [4.69, 9.17) is 0 Å². The maximum absolute atomic E-state index is 13.0. The van der Waals surface area contributed by atoms with Gasteiger partial charge in [-0.1, -0.05) is 23.9 Å². The van der Waals surface area contributed by atoms with E-state index in [9.17, 15) is 9.59 Å². The molecular formula is C16H15N3O2S3. The first-order valence-electron chi connectivity index (χ1n) is 7.16. The molecule has 0 saturated carbocycles. The first-order valence-corrected chi connectivity index (χ1v) is 9.90.